The average molecular weight is 303 g/mol. The standard InChI is InChI=1S/C17H21NO4/c1-10(2)12-7-13-15(9-20)11(3)18(5-4-6-19)16(13)14(8-12)17(21)22/h7-10,19H,4-6H2,1-3H3,(H,21,22). The molecule has 0 radical (unpaired) electrons. The Morgan fingerprint density at radius 2 is 2.05 bits per heavy atom. The van der Waals surface area contributed by atoms with Crippen LogP contribution in [0.25, 0.3) is 10.9 Å². The highest BCUT2D eigenvalue weighted by molar-refractivity contribution is 6.08. The Hall–Kier alpha value is -2.14. The van der Waals surface area contributed by atoms with Crippen LogP contribution in [0.2, 0.25) is 0 Å². The Labute approximate surface area is 129 Å². The summed E-state index contributed by atoms with van der Waals surface area (Å²) < 4.78 is 1.82. The first-order chi connectivity index (χ1) is 10.4. The molecule has 1 aromatic carbocycles. The Balaban J connectivity index is 2.88. The maximum Gasteiger partial charge on any atom is 0.337 e. The molecule has 1 heterocycles. The van der Waals surface area contributed by atoms with E-state index >= 15 is 0 Å². The second kappa shape index (κ2) is 6.32. The van der Waals surface area contributed by atoms with E-state index in [-0.39, 0.29) is 18.1 Å². The third-order valence-corrected chi connectivity index (χ3v) is 4.04. The number of carbonyl (C=O) groups is 2. The van der Waals surface area contributed by atoms with Crippen LogP contribution in [-0.2, 0) is 6.54 Å². The number of rotatable bonds is 6. The van der Waals surface area contributed by atoms with E-state index in [2.05, 4.69) is 0 Å². The molecule has 118 valence electrons. The molecule has 5 heteroatoms. The lowest BCUT2D eigenvalue weighted by Crippen LogP contribution is -2.07. The molecule has 0 aliphatic carbocycles. The van der Waals surface area contributed by atoms with Gasteiger partial charge in [0.2, 0.25) is 0 Å². The quantitative estimate of drug-likeness (QED) is 0.804. The number of aliphatic hydroxyl groups excluding tert-OH is 1. The number of fused-ring (bicyclic) bond motifs is 1. The number of carboxylic acid groups (broad SMARTS) is 1. The van der Waals surface area contributed by atoms with E-state index in [0.717, 1.165) is 17.5 Å². The number of benzene rings is 1. The van der Waals surface area contributed by atoms with Crippen LogP contribution >= 0.6 is 0 Å². The molecule has 0 bridgehead atoms. The first-order valence-corrected chi connectivity index (χ1v) is 7.38. The van der Waals surface area contributed by atoms with Crippen LogP contribution in [-0.4, -0.2) is 33.6 Å². The summed E-state index contributed by atoms with van der Waals surface area (Å²) in [4.78, 5) is 23.2. The molecule has 2 aromatic rings. The largest absolute Gasteiger partial charge is 0.478 e. The minimum Gasteiger partial charge on any atom is -0.478 e. The topological polar surface area (TPSA) is 79.5 Å². The highest BCUT2D eigenvalue weighted by atomic mass is 16.4. The van der Waals surface area contributed by atoms with Gasteiger partial charge in [-0.05, 0) is 37.0 Å². The predicted molar refractivity (Wildman–Crippen MR) is 84.8 cm³/mol. The lowest BCUT2D eigenvalue weighted by atomic mass is 9.97. The molecule has 0 amide bonds. The smallest absolute Gasteiger partial charge is 0.337 e. The van der Waals surface area contributed by atoms with Gasteiger partial charge in [0.1, 0.15) is 0 Å². The number of aromatic nitrogens is 1. The maximum absolute atomic E-state index is 11.7. The fraction of sp³-hybridized carbons (Fsp3) is 0.412. The number of hydrogen-bond donors (Lipinski definition) is 2. The van der Waals surface area contributed by atoms with E-state index in [1.54, 1.807) is 6.07 Å². The van der Waals surface area contributed by atoms with Gasteiger partial charge in [0, 0.05) is 29.8 Å². The summed E-state index contributed by atoms with van der Waals surface area (Å²) in [6.45, 7) is 6.28. The molecule has 0 unspecified atom stereocenters. The number of carbonyl (C=O) groups excluding carboxylic acids is 1. The fourth-order valence-electron chi connectivity index (χ4n) is 2.81. The molecule has 0 aliphatic heterocycles. The van der Waals surface area contributed by atoms with Crippen LogP contribution in [0, 0.1) is 6.92 Å². The molecule has 22 heavy (non-hydrogen) atoms. The second-order valence-electron chi connectivity index (χ2n) is 5.77. The van der Waals surface area contributed by atoms with Gasteiger partial charge in [0.25, 0.3) is 0 Å². The minimum absolute atomic E-state index is 0.0159. The summed E-state index contributed by atoms with van der Waals surface area (Å²) in [6, 6.07) is 3.58. The monoisotopic (exact) mass is 303 g/mol. The Morgan fingerprint density at radius 1 is 1.36 bits per heavy atom. The molecule has 5 nitrogen and oxygen atoms in total. The molecular weight excluding hydrogens is 282 g/mol. The summed E-state index contributed by atoms with van der Waals surface area (Å²) in [5, 5.41) is 19.3. The van der Waals surface area contributed by atoms with E-state index < -0.39 is 5.97 Å². The van der Waals surface area contributed by atoms with Crippen LogP contribution in [0.4, 0.5) is 0 Å². The third-order valence-electron chi connectivity index (χ3n) is 4.04. The highest BCUT2D eigenvalue weighted by Gasteiger charge is 2.21. The SMILES string of the molecule is Cc1c(C=O)c2cc(C(C)C)cc(C(=O)O)c2n1CCCO. The lowest BCUT2D eigenvalue weighted by Gasteiger charge is -2.12. The van der Waals surface area contributed by atoms with Crippen molar-refractivity contribution >= 4 is 23.2 Å². The van der Waals surface area contributed by atoms with E-state index in [4.69, 9.17) is 5.11 Å². The lowest BCUT2D eigenvalue weighted by molar-refractivity contribution is 0.0698. The number of aromatic carboxylic acids is 1. The summed E-state index contributed by atoms with van der Waals surface area (Å²) in [7, 11) is 0. The Morgan fingerprint density at radius 3 is 2.55 bits per heavy atom. The van der Waals surface area contributed by atoms with E-state index in [0.29, 0.717) is 29.4 Å². The van der Waals surface area contributed by atoms with Crippen molar-refractivity contribution < 1.29 is 19.8 Å². The van der Waals surface area contributed by atoms with Crippen molar-refractivity contribution in [2.45, 2.75) is 39.7 Å². The number of aliphatic hydroxyl groups is 1. The van der Waals surface area contributed by atoms with Crippen molar-refractivity contribution in [1.29, 1.82) is 0 Å². The number of carboxylic acids is 1. The molecule has 0 atom stereocenters. The number of hydrogen-bond acceptors (Lipinski definition) is 3. The first kappa shape index (κ1) is 16.2. The van der Waals surface area contributed by atoms with Gasteiger partial charge in [0.15, 0.2) is 6.29 Å². The summed E-state index contributed by atoms with van der Waals surface area (Å²) in [5.74, 6) is -0.837. The molecule has 0 aliphatic rings. The number of aryl methyl sites for hydroxylation is 1. The molecule has 0 saturated carbocycles. The highest BCUT2D eigenvalue weighted by Crippen LogP contribution is 2.31. The van der Waals surface area contributed by atoms with Crippen molar-refractivity contribution in [2.24, 2.45) is 0 Å². The van der Waals surface area contributed by atoms with Gasteiger partial charge >= 0.3 is 5.97 Å². The van der Waals surface area contributed by atoms with Crippen molar-refractivity contribution in [3.05, 3.63) is 34.5 Å². The zero-order valence-corrected chi connectivity index (χ0v) is 13.1. The van der Waals surface area contributed by atoms with E-state index in [1.165, 1.54) is 0 Å². The van der Waals surface area contributed by atoms with Gasteiger partial charge in [-0.15, -0.1) is 0 Å². The van der Waals surface area contributed by atoms with Crippen molar-refractivity contribution in [3.63, 3.8) is 0 Å². The molecule has 0 saturated heterocycles. The number of nitrogens with zero attached hydrogens (tertiary/aromatic N) is 1. The van der Waals surface area contributed by atoms with Crippen LogP contribution in [0.5, 0.6) is 0 Å². The number of aldehydes is 1. The minimum atomic E-state index is -1.01. The van der Waals surface area contributed by atoms with Gasteiger partial charge < -0.3 is 14.8 Å². The molecule has 0 spiro atoms. The average Bonchev–Trinajstić information content (AvgIpc) is 2.74. The molecule has 2 rings (SSSR count). The molecule has 1 aromatic heterocycles. The predicted octanol–water partition coefficient (Wildman–Crippen LogP) is 2.97. The normalized spacial score (nSPS) is 11.3. The van der Waals surface area contributed by atoms with Gasteiger partial charge in [-0.1, -0.05) is 13.8 Å². The van der Waals surface area contributed by atoms with E-state index in [1.807, 2.05) is 31.4 Å². The molecule has 2 N–H and O–H groups in total. The van der Waals surface area contributed by atoms with Crippen LogP contribution in [0.15, 0.2) is 12.1 Å². The molecular formula is C17H21NO4. The van der Waals surface area contributed by atoms with Gasteiger partial charge in [0.05, 0.1) is 11.1 Å². The fourth-order valence-corrected chi connectivity index (χ4v) is 2.81. The van der Waals surface area contributed by atoms with Gasteiger partial charge in [-0.25, -0.2) is 4.79 Å². The van der Waals surface area contributed by atoms with Gasteiger partial charge in [-0.3, -0.25) is 4.79 Å². The zero-order chi connectivity index (χ0) is 16.4. The zero-order valence-electron chi connectivity index (χ0n) is 13.1. The van der Waals surface area contributed by atoms with Crippen LogP contribution in [0.3, 0.4) is 0 Å². The summed E-state index contributed by atoms with van der Waals surface area (Å²) in [6.07, 6.45) is 1.29. The van der Waals surface area contributed by atoms with Crippen molar-refractivity contribution in [1.82, 2.24) is 4.57 Å². The van der Waals surface area contributed by atoms with Gasteiger partial charge in [-0.2, -0.15) is 0 Å². The van der Waals surface area contributed by atoms with Crippen LogP contribution in [0.1, 0.15) is 58.2 Å². The van der Waals surface area contributed by atoms with Crippen molar-refractivity contribution in [3.8, 4) is 0 Å². The first-order valence-electron chi connectivity index (χ1n) is 7.38. The second-order valence-corrected chi connectivity index (χ2v) is 5.77. The van der Waals surface area contributed by atoms with Crippen LogP contribution < -0.4 is 0 Å². The summed E-state index contributed by atoms with van der Waals surface area (Å²) in [5.41, 5.74) is 2.92. The molecule has 0 fully saturated rings. The Bertz CT molecular complexity index is 728. The van der Waals surface area contributed by atoms with E-state index in [9.17, 15) is 14.7 Å². The van der Waals surface area contributed by atoms with Crippen molar-refractivity contribution in [2.75, 3.05) is 6.61 Å². The maximum atomic E-state index is 11.7. The third kappa shape index (κ3) is 2.64. The Kier molecular flexibility index (Phi) is 4.66. The summed E-state index contributed by atoms with van der Waals surface area (Å²) >= 11 is 0.